The molecule has 2 atom stereocenters. The van der Waals surface area contributed by atoms with Crippen LogP contribution in [0.1, 0.15) is 50.0 Å². The molecule has 168 valence electrons. The second kappa shape index (κ2) is 8.85. The van der Waals surface area contributed by atoms with E-state index in [4.69, 9.17) is 0 Å². The predicted octanol–water partition coefficient (Wildman–Crippen LogP) is 7.78. The van der Waals surface area contributed by atoms with Crippen LogP contribution in [0.4, 0.5) is 0 Å². The Bertz CT molecular complexity index is 1400. The first-order valence-corrected chi connectivity index (χ1v) is 12.2. The van der Waals surface area contributed by atoms with E-state index in [1.54, 1.807) is 0 Å². The second-order valence-corrected chi connectivity index (χ2v) is 9.22. The van der Waals surface area contributed by atoms with Gasteiger partial charge < -0.3 is 0 Å². The van der Waals surface area contributed by atoms with Gasteiger partial charge in [0, 0.05) is 11.5 Å². The van der Waals surface area contributed by atoms with Crippen molar-refractivity contribution >= 4 is 5.78 Å². The molecule has 0 aliphatic heterocycles. The van der Waals surface area contributed by atoms with Crippen LogP contribution in [0.25, 0.3) is 0 Å². The molecule has 0 heterocycles. The van der Waals surface area contributed by atoms with E-state index in [1.807, 2.05) is 36.4 Å². The fourth-order valence-electron chi connectivity index (χ4n) is 6.14. The lowest BCUT2D eigenvalue weighted by Gasteiger charge is -2.40. The molecule has 0 unspecified atom stereocenters. The van der Waals surface area contributed by atoms with Crippen LogP contribution in [0.5, 0.6) is 0 Å². The quantitative estimate of drug-likeness (QED) is 0.250. The molecular weight excluding hydrogens is 424 g/mol. The Balaban J connectivity index is 1.73. The highest BCUT2D eigenvalue weighted by atomic mass is 16.1. The van der Waals surface area contributed by atoms with Crippen LogP contribution in [0.15, 0.2) is 146 Å². The van der Waals surface area contributed by atoms with E-state index >= 15 is 0 Å². The summed E-state index contributed by atoms with van der Waals surface area (Å²) in [4.78, 5) is 14.3. The number of hydrogen-bond acceptors (Lipinski definition) is 1. The van der Waals surface area contributed by atoms with Gasteiger partial charge in [-0.15, -0.1) is 0 Å². The molecular formula is C34H26O. The zero-order chi connectivity index (χ0) is 23.7. The van der Waals surface area contributed by atoms with E-state index in [0.717, 1.165) is 11.1 Å². The Kier molecular flexibility index (Phi) is 5.39. The molecule has 0 saturated carbocycles. The first kappa shape index (κ1) is 21.3. The van der Waals surface area contributed by atoms with Gasteiger partial charge in [-0.25, -0.2) is 0 Å². The summed E-state index contributed by atoms with van der Waals surface area (Å²) in [6.45, 7) is 0. The normalized spacial score (nSPS) is 18.1. The van der Waals surface area contributed by atoms with Gasteiger partial charge >= 0.3 is 0 Å². The summed E-state index contributed by atoms with van der Waals surface area (Å²) >= 11 is 0. The highest BCUT2D eigenvalue weighted by Crippen LogP contribution is 2.62. The van der Waals surface area contributed by atoms with Crippen LogP contribution in [-0.4, -0.2) is 5.78 Å². The number of fused-ring (bicyclic) bond motifs is 1. The number of hydrogen-bond donors (Lipinski definition) is 0. The number of ketones is 1. The summed E-state index contributed by atoms with van der Waals surface area (Å²) in [7, 11) is 0. The van der Waals surface area contributed by atoms with Crippen molar-refractivity contribution in [3.63, 3.8) is 0 Å². The monoisotopic (exact) mass is 450 g/mol. The van der Waals surface area contributed by atoms with Crippen molar-refractivity contribution in [1.29, 1.82) is 0 Å². The Labute approximate surface area is 206 Å². The van der Waals surface area contributed by atoms with Crippen molar-refractivity contribution in [1.82, 2.24) is 0 Å². The van der Waals surface area contributed by atoms with Crippen LogP contribution in [0.3, 0.4) is 0 Å². The lowest BCUT2D eigenvalue weighted by atomic mass is 9.61. The molecule has 35 heavy (non-hydrogen) atoms. The van der Waals surface area contributed by atoms with Gasteiger partial charge in [-0.05, 0) is 27.8 Å². The van der Waals surface area contributed by atoms with Crippen molar-refractivity contribution in [2.75, 3.05) is 0 Å². The Morgan fingerprint density at radius 3 is 1.54 bits per heavy atom. The molecule has 0 saturated heterocycles. The van der Waals surface area contributed by atoms with Crippen molar-refractivity contribution in [2.24, 2.45) is 0 Å². The molecule has 0 radical (unpaired) electrons. The first-order chi connectivity index (χ1) is 17.3. The van der Waals surface area contributed by atoms with Crippen molar-refractivity contribution in [2.45, 2.75) is 17.3 Å². The third-order valence-corrected chi connectivity index (χ3v) is 7.48. The summed E-state index contributed by atoms with van der Waals surface area (Å²) in [5, 5.41) is 0. The van der Waals surface area contributed by atoms with Crippen LogP contribution < -0.4 is 0 Å². The maximum atomic E-state index is 14.3. The molecule has 0 amide bonds. The van der Waals surface area contributed by atoms with Gasteiger partial charge in [-0.2, -0.15) is 0 Å². The highest BCUT2D eigenvalue weighted by Gasteiger charge is 2.56. The van der Waals surface area contributed by atoms with E-state index in [2.05, 4.69) is 109 Å². The third kappa shape index (κ3) is 3.35. The van der Waals surface area contributed by atoms with Crippen molar-refractivity contribution in [3.05, 3.63) is 179 Å². The minimum Gasteiger partial charge on any atom is -0.293 e. The fraction of sp³-hybridized carbons (Fsp3) is 0.0882. The van der Waals surface area contributed by atoms with Gasteiger partial charge in [0.1, 0.15) is 0 Å². The average Bonchev–Trinajstić information content (AvgIpc) is 3.26. The van der Waals surface area contributed by atoms with E-state index < -0.39 is 5.41 Å². The lowest BCUT2D eigenvalue weighted by molar-refractivity contribution is 0.0945. The van der Waals surface area contributed by atoms with Crippen molar-refractivity contribution in [3.8, 4) is 0 Å². The largest absolute Gasteiger partial charge is 0.293 e. The Morgan fingerprint density at radius 2 is 0.971 bits per heavy atom. The third-order valence-electron chi connectivity index (χ3n) is 7.48. The molecule has 0 aromatic heterocycles. The molecule has 1 nitrogen and oxygen atoms in total. The van der Waals surface area contributed by atoms with Gasteiger partial charge in [-0.3, -0.25) is 4.79 Å². The van der Waals surface area contributed by atoms with E-state index in [1.165, 1.54) is 22.3 Å². The topological polar surface area (TPSA) is 17.1 Å². The molecule has 5 aromatic carbocycles. The predicted molar refractivity (Wildman–Crippen MR) is 142 cm³/mol. The van der Waals surface area contributed by atoms with Gasteiger partial charge in [0.15, 0.2) is 5.78 Å². The number of Topliss-reactive ketones (excluding diaryl/α,β-unsaturated/α-hetero) is 1. The smallest absolute Gasteiger partial charge is 0.170 e. The summed E-state index contributed by atoms with van der Waals surface area (Å²) < 4.78 is 0. The zero-order valence-electron chi connectivity index (χ0n) is 19.4. The highest BCUT2D eigenvalue weighted by molar-refractivity contribution is 6.03. The van der Waals surface area contributed by atoms with E-state index in [9.17, 15) is 4.79 Å². The molecule has 5 aromatic rings. The fourth-order valence-corrected chi connectivity index (χ4v) is 6.14. The Morgan fingerprint density at radius 1 is 0.514 bits per heavy atom. The van der Waals surface area contributed by atoms with E-state index in [0.29, 0.717) is 0 Å². The molecule has 6 rings (SSSR count). The minimum absolute atomic E-state index is 0.0985. The van der Waals surface area contributed by atoms with Gasteiger partial charge in [0.2, 0.25) is 0 Å². The van der Waals surface area contributed by atoms with Crippen molar-refractivity contribution < 1.29 is 4.79 Å². The number of benzene rings is 5. The molecule has 0 N–H and O–H groups in total. The number of rotatable bonds is 5. The van der Waals surface area contributed by atoms with E-state index in [-0.39, 0.29) is 17.6 Å². The second-order valence-electron chi connectivity index (χ2n) is 9.22. The van der Waals surface area contributed by atoms with Crippen LogP contribution >= 0.6 is 0 Å². The van der Waals surface area contributed by atoms with Gasteiger partial charge in [0.05, 0.1) is 11.3 Å². The molecule has 0 bridgehead atoms. The molecule has 0 spiro atoms. The summed E-state index contributed by atoms with van der Waals surface area (Å²) in [5.41, 5.74) is 6.15. The number of carbonyl (C=O) groups excluding carboxylic acids is 1. The molecule has 1 aliphatic rings. The van der Waals surface area contributed by atoms with Gasteiger partial charge in [0.25, 0.3) is 0 Å². The summed E-state index contributed by atoms with van der Waals surface area (Å²) in [6.07, 6.45) is 0. The van der Waals surface area contributed by atoms with Crippen LogP contribution in [-0.2, 0) is 5.41 Å². The minimum atomic E-state index is -0.504. The summed E-state index contributed by atoms with van der Waals surface area (Å²) in [6, 6.07) is 50.3. The maximum Gasteiger partial charge on any atom is 0.170 e. The van der Waals surface area contributed by atoms with Gasteiger partial charge in [-0.1, -0.05) is 146 Å². The number of carbonyl (C=O) groups is 1. The zero-order valence-corrected chi connectivity index (χ0v) is 19.4. The van der Waals surface area contributed by atoms with Crippen LogP contribution in [0.2, 0.25) is 0 Å². The molecule has 0 fully saturated rings. The molecule has 1 heteroatoms. The first-order valence-electron chi connectivity index (χ1n) is 12.2. The SMILES string of the molecule is O=C(c1ccccc1)[C@H]1c2ccccc2C(c2ccccc2)(c2ccccc2)[C@@H]1c1ccccc1. The lowest BCUT2D eigenvalue weighted by Crippen LogP contribution is -2.35. The summed E-state index contributed by atoms with van der Waals surface area (Å²) in [5.74, 6) is -0.240. The standard InChI is InChI=1S/C34H26O/c35-33(26-17-7-2-8-18-26)31-29-23-13-14-24-30(29)34(27-19-9-3-10-20-27,28-21-11-4-12-22-28)32(31)25-15-5-1-6-16-25/h1-24,31-32H/t31-,32+/m0/s1. The Hall–Kier alpha value is -4.23. The maximum absolute atomic E-state index is 14.3. The molecule has 1 aliphatic carbocycles. The average molecular weight is 451 g/mol. The van der Waals surface area contributed by atoms with Crippen LogP contribution in [0, 0.1) is 0 Å².